The Balaban J connectivity index is 1.48. The first-order valence-electron chi connectivity index (χ1n) is 16.4. The van der Waals surface area contributed by atoms with Crippen molar-refractivity contribution in [3.8, 4) is 11.5 Å². The first-order chi connectivity index (χ1) is 21.5. The van der Waals surface area contributed by atoms with Gasteiger partial charge in [-0.2, -0.15) is 0 Å². The number of carbonyl (C=O) groups is 2. The van der Waals surface area contributed by atoms with Crippen LogP contribution in [0.3, 0.4) is 0 Å². The van der Waals surface area contributed by atoms with E-state index >= 15 is 0 Å². The Bertz CT molecular complexity index is 1660. The fourth-order valence-corrected chi connectivity index (χ4v) is 8.21. The van der Waals surface area contributed by atoms with Crippen LogP contribution in [-0.4, -0.2) is 44.3 Å². The summed E-state index contributed by atoms with van der Waals surface area (Å²) < 4.78 is 24.1. The van der Waals surface area contributed by atoms with Crippen LogP contribution in [0.1, 0.15) is 121 Å². The third kappa shape index (κ3) is 5.85. The van der Waals surface area contributed by atoms with Crippen LogP contribution in [0.4, 0.5) is 0 Å². The number of ketones is 1. The zero-order chi connectivity index (χ0) is 33.8. The van der Waals surface area contributed by atoms with E-state index < -0.39 is 12.1 Å². The molecule has 3 unspecified atom stereocenters. The molecule has 246 valence electrons. The van der Waals surface area contributed by atoms with Crippen LogP contribution in [0.15, 0.2) is 42.5 Å². The van der Waals surface area contributed by atoms with Gasteiger partial charge in [-0.15, -0.1) is 0 Å². The second-order valence-electron chi connectivity index (χ2n) is 14.9. The predicted molar refractivity (Wildman–Crippen MR) is 182 cm³/mol. The van der Waals surface area contributed by atoms with Crippen molar-refractivity contribution >= 4 is 11.8 Å². The van der Waals surface area contributed by atoms with Gasteiger partial charge < -0.3 is 18.9 Å². The molecule has 3 aromatic carbocycles. The summed E-state index contributed by atoms with van der Waals surface area (Å²) in [5.41, 5.74) is 9.70. The molecule has 3 aromatic rings. The smallest absolute Gasteiger partial charge is 0.338 e. The number of Topliss-reactive ketones (excluding diaryl/α,β-unsaturated/α-hetero) is 1. The molecular formula is C40H50O6. The van der Waals surface area contributed by atoms with Crippen LogP contribution < -0.4 is 9.47 Å². The number of esters is 1. The Kier molecular flexibility index (Phi) is 8.93. The minimum Gasteiger partial charge on any atom is -0.491 e. The van der Waals surface area contributed by atoms with E-state index in [4.69, 9.17) is 18.9 Å². The van der Waals surface area contributed by atoms with Crippen molar-refractivity contribution in [2.45, 2.75) is 111 Å². The number of benzene rings is 3. The first-order valence-corrected chi connectivity index (χ1v) is 16.4. The number of methoxy groups -OCH3 is 1. The van der Waals surface area contributed by atoms with Gasteiger partial charge >= 0.3 is 5.97 Å². The van der Waals surface area contributed by atoms with E-state index in [1.165, 1.54) is 34.7 Å². The summed E-state index contributed by atoms with van der Waals surface area (Å²) in [4.78, 5) is 24.4. The maximum atomic E-state index is 12.8. The lowest BCUT2D eigenvalue weighted by molar-refractivity contribution is 0.0227. The molecule has 5 rings (SSSR count). The van der Waals surface area contributed by atoms with Gasteiger partial charge in [-0.05, 0) is 122 Å². The molecule has 0 saturated carbocycles. The highest BCUT2D eigenvalue weighted by Crippen LogP contribution is 2.65. The number of rotatable bonds is 10. The molecule has 2 aliphatic rings. The van der Waals surface area contributed by atoms with Gasteiger partial charge in [0.1, 0.15) is 30.8 Å². The van der Waals surface area contributed by atoms with Crippen molar-refractivity contribution in [2.75, 3.05) is 20.3 Å². The second-order valence-corrected chi connectivity index (χ2v) is 14.9. The second kappa shape index (κ2) is 12.2. The Morgan fingerprint density at radius 1 is 0.761 bits per heavy atom. The molecule has 0 N–H and O–H groups in total. The Morgan fingerprint density at radius 3 is 1.93 bits per heavy atom. The summed E-state index contributed by atoms with van der Waals surface area (Å²) in [5, 5.41) is 0. The van der Waals surface area contributed by atoms with E-state index in [1.807, 2.05) is 13.8 Å². The number of fused-ring (bicyclic) bond motifs is 4. The fraction of sp³-hybridized carbons (Fsp3) is 0.500. The lowest BCUT2D eigenvalue weighted by Crippen LogP contribution is -2.28. The summed E-state index contributed by atoms with van der Waals surface area (Å²) in [6.45, 7) is 22.1. The predicted octanol–water partition coefficient (Wildman–Crippen LogP) is 8.50. The monoisotopic (exact) mass is 626 g/mol. The number of hydrogen-bond acceptors (Lipinski definition) is 6. The van der Waals surface area contributed by atoms with Gasteiger partial charge in [-0.3, -0.25) is 4.79 Å². The standard InChI is InChI=1S/C40H50O6/c1-23-18-32-35(27(5)36(23)45-20-25(3)46-37(42)30-14-12-29(13-15-30)28(6)41)40(22-39(32,9)10)21-38(7,8)31-16-17-33(26(4)34(31)40)44-19-24(2)43-11/h12-18,24-25H,19-22H2,1-11H3. The lowest BCUT2D eigenvalue weighted by Gasteiger charge is -2.33. The normalized spacial score (nSPS) is 20.2. The average Bonchev–Trinajstić information content (AvgIpc) is 3.35. The third-order valence-electron chi connectivity index (χ3n) is 10.2. The molecule has 0 bridgehead atoms. The maximum absolute atomic E-state index is 12.8. The molecule has 0 aliphatic heterocycles. The van der Waals surface area contributed by atoms with E-state index in [0.717, 1.165) is 35.5 Å². The van der Waals surface area contributed by atoms with Gasteiger partial charge in [0, 0.05) is 18.1 Å². The van der Waals surface area contributed by atoms with Crippen LogP contribution in [-0.2, 0) is 25.7 Å². The van der Waals surface area contributed by atoms with Crippen molar-refractivity contribution in [3.63, 3.8) is 0 Å². The van der Waals surface area contributed by atoms with E-state index in [-0.39, 0.29) is 34.7 Å². The van der Waals surface area contributed by atoms with E-state index in [1.54, 1.807) is 31.4 Å². The summed E-state index contributed by atoms with van der Waals surface area (Å²) >= 11 is 0. The molecule has 6 heteroatoms. The van der Waals surface area contributed by atoms with Crippen molar-refractivity contribution in [3.05, 3.63) is 92.5 Å². The molecule has 0 radical (unpaired) electrons. The fourth-order valence-electron chi connectivity index (χ4n) is 8.21. The average molecular weight is 627 g/mol. The first kappa shape index (κ1) is 33.7. The van der Waals surface area contributed by atoms with Crippen LogP contribution >= 0.6 is 0 Å². The Morgan fingerprint density at radius 2 is 1.33 bits per heavy atom. The molecular weight excluding hydrogens is 576 g/mol. The van der Waals surface area contributed by atoms with Crippen LogP contribution in [0.2, 0.25) is 0 Å². The van der Waals surface area contributed by atoms with Crippen LogP contribution in [0, 0.1) is 20.8 Å². The minimum atomic E-state index is -0.472. The quantitative estimate of drug-likeness (QED) is 0.166. The van der Waals surface area contributed by atoms with Gasteiger partial charge in [0.25, 0.3) is 0 Å². The SMILES string of the molecule is COC(C)COc1ccc2c(c1C)C1(CC2(C)C)CC(C)(C)c2cc(C)c(OCC(C)OC(=O)c3ccc(C(C)=O)cc3)c(C)c21. The summed E-state index contributed by atoms with van der Waals surface area (Å²) in [7, 11) is 1.71. The largest absolute Gasteiger partial charge is 0.491 e. The maximum Gasteiger partial charge on any atom is 0.338 e. The molecule has 3 atom stereocenters. The van der Waals surface area contributed by atoms with Gasteiger partial charge in [-0.1, -0.05) is 52.0 Å². The highest BCUT2D eigenvalue weighted by atomic mass is 16.6. The molecule has 0 fully saturated rings. The zero-order valence-corrected chi connectivity index (χ0v) is 29.5. The van der Waals surface area contributed by atoms with Crippen LogP contribution in [0.25, 0.3) is 0 Å². The summed E-state index contributed by atoms with van der Waals surface area (Å²) in [6.07, 6.45) is 1.54. The van der Waals surface area contributed by atoms with Crippen molar-refractivity contribution < 1.29 is 28.5 Å². The molecule has 46 heavy (non-hydrogen) atoms. The molecule has 2 aliphatic carbocycles. The molecule has 0 heterocycles. The van der Waals surface area contributed by atoms with E-state index in [9.17, 15) is 9.59 Å². The van der Waals surface area contributed by atoms with Crippen molar-refractivity contribution in [1.29, 1.82) is 0 Å². The summed E-state index contributed by atoms with van der Waals surface area (Å²) in [5.74, 6) is 1.29. The Hall–Kier alpha value is -3.64. The molecule has 0 amide bonds. The van der Waals surface area contributed by atoms with Gasteiger partial charge in [0.2, 0.25) is 0 Å². The highest BCUT2D eigenvalue weighted by molar-refractivity contribution is 5.96. The van der Waals surface area contributed by atoms with Crippen molar-refractivity contribution in [2.24, 2.45) is 0 Å². The van der Waals surface area contributed by atoms with Gasteiger partial charge in [0.15, 0.2) is 5.78 Å². The van der Waals surface area contributed by atoms with Crippen molar-refractivity contribution in [1.82, 2.24) is 0 Å². The lowest BCUT2D eigenvalue weighted by atomic mass is 9.70. The highest BCUT2D eigenvalue weighted by Gasteiger charge is 2.58. The third-order valence-corrected chi connectivity index (χ3v) is 10.2. The van der Waals surface area contributed by atoms with E-state index in [0.29, 0.717) is 17.7 Å². The minimum absolute atomic E-state index is 0.00284. The number of carbonyl (C=O) groups excluding carboxylic acids is 2. The number of hydrogen-bond donors (Lipinski definition) is 0. The van der Waals surface area contributed by atoms with E-state index in [2.05, 4.69) is 66.7 Å². The molecule has 1 spiro atoms. The molecule has 0 saturated heterocycles. The Labute approximate surface area is 274 Å². The van der Waals surface area contributed by atoms with Crippen LogP contribution in [0.5, 0.6) is 11.5 Å². The van der Waals surface area contributed by atoms with Gasteiger partial charge in [-0.25, -0.2) is 4.79 Å². The van der Waals surface area contributed by atoms with Gasteiger partial charge in [0.05, 0.1) is 11.7 Å². The zero-order valence-electron chi connectivity index (χ0n) is 29.5. The topological polar surface area (TPSA) is 71.1 Å². The number of ether oxygens (including phenoxy) is 4. The number of aryl methyl sites for hydroxylation is 1. The summed E-state index contributed by atoms with van der Waals surface area (Å²) in [6, 6.07) is 13.3. The molecule has 6 nitrogen and oxygen atoms in total. The molecule has 0 aromatic heterocycles.